The van der Waals surface area contributed by atoms with Crippen molar-refractivity contribution in [1.82, 2.24) is 50.5 Å². The number of imidazole rings is 2. The number of hydrogen-bond acceptors (Lipinski definition) is 10. The van der Waals surface area contributed by atoms with Crippen LogP contribution in [0.4, 0.5) is 11.6 Å². The first-order valence-electron chi connectivity index (χ1n) is 16.7. The highest BCUT2D eigenvalue weighted by atomic mass is 35.5. The number of halogens is 2. The van der Waals surface area contributed by atoms with Gasteiger partial charge in [0.25, 0.3) is 0 Å². The third kappa shape index (κ3) is 7.99. The van der Waals surface area contributed by atoms with Crippen molar-refractivity contribution in [3.05, 3.63) is 103 Å². The maximum atomic E-state index is 11.5. The molecule has 2 aliphatic heterocycles. The molecule has 16 heteroatoms. The number of nitrogens with one attached hydrogen (secondary N) is 6. The molecule has 50 heavy (non-hydrogen) atoms. The number of nitrogens with zero attached hydrogens (tertiary/aromatic N) is 6. The summed E-state index contributed by atoms with van der Waals surface area (Å²) >= 11 is 12.2. The lowest BCUT2D eigenvalue weighted by Crippen LogP contribution is -2.42. The molecule has 0 bridgehead atoms. The number of benzene rings is 2. The Bertz CT molecular complexity index is 2160. The summed E-state index contributed by atoms with van der Waals surface area (Å²) in [5.41, 5.74) is 4.26. The van der Waals surface area contributed by atoms with Crippen LogP contribution in [0.1, 0.15) is 36.8 Å². The molecule has 0 spiro atoms. The molecule has 0 amide bonds. The predicted molar refractivity (Wildman–Crippen MR) is 196 cm³/mol. The number of rotatable bonds is 8. The van der Waals surface area contributed by atoms with Crippen LogP contribution in [0.25, 0.3) is 22.3 Å². The molecule has 260 valence electrons. The molecule has 14 nitrogen and oxygen atoms in total. The van der Waals surface area contributed by atoms with E-state index in [1.807, 2.05) is 42.5 Å². The van der Waals surface area contributed by atoms with Crippen molar-refractivity contribution in [3.8, 4) is 0 Å². The fraction of sp³-hybridized carbons (Fsp3) is 0.353. The topological polar surface area (TPSA) is 179 Å². The Labute approximate surface area is 297 Å². The molecule has 6 aromatic rings. The first-order valence-corrected chi connectivity index (χ1v) is 17.5. The molecule has 6 N–H and O–H groups in total. The highest BCUT2D eigenvalue weighted by Crippen LogP contribution is 2.25. The summed E-state index contributed by atoms with van der Waals surface area (Å²) in [6.07, 6.45) is 7.02. The lowest BCUT2D eigenvalue weighted by Gasteiger charge is -2.33. The van der Waals surface area contributed by atoms with Gasteiger partial charge in [0, 0.05) is 61.4 Å². The van der Waals surface area contributed by atoms with Gasteiger partial charge in [-0.15, -0.1) is 0 Å². The summed E-state index contributed by atoms with van der Waals surface area (Å²) < 4.78 is 0. The molecule has 0 saturated carbocycles. The summed E-state index contributed by atoms with van der Waals surface area (Å²) in [6.45, 7) is 5.10. The molecule has 0 radical (unpaired) electrons. The van der Waals surface area contributed by atoms with E-state index in [-0.39, 0.29) is 11.4 Å². The third-order valence-corrected chi connectivity index (χ3v) is 9.81. The van der Waals surface area contributed by atoms with Crippen molar-refractivity contribution >= 4 is 57.2 Å². The Balaban J connectivity index is 0.000000157. The third-order valence-electron chi connectivity index (χ3n) is 9.21. The van der Waals surface area contributed by atoms with Gasteiger partial charge in [-0.25, -0.2) is 29.5 Å². The van der Waals surface area contributed by atoms with Gasteiger partial charge < -0.3 is 30.4 Å². The molecule has 2 aliphatic rings. The fourth-order valence-corrected chi connectivity index (χ4v) is 6.97. The number of aromatic amines is 4. The smallest absolute Gasteiger partial charge is 0.325 e. The largest absolute Gasteiger partial charge is 0.355 e. The summed E-state index contributed by atoms with van der Waals surface area (Å²) in [5.74, 6) is 1.57. The Morgan fingerprint density at radius 3 is 1.74 bits per heavy atom. The van der Waals surface area contributed by atoms with Crippen LogP contribution in [-0.2, 0) is 13.1 Å². The van der Waals surface area contributed by atoms with Crippen molar-refractivity contribution in [2.75, 3.05) is 36.0 Å². The van der Waals surface area contributed by atoms with Crippen LogP contribution in [0.3, 0.4) is 0 Å². The van der Waals surface area contributed by atoms with Gasteiger partial charge in [0.05, 0.1) is 0 Å². The average Bonchev–Trinajstić information content (AvgIpc) is 3.72. The second-order valence-corrected chi connectivity index (χ2v) is 13.3. The molecule has 4 aromatic heterocycles. The van der Waals surface area contributed by atoms with E-state index in [2.05, 4.69) is 66.4 Å². The van der Waals surface area contributed by atoms with Crippen molar-refractivity contribution in [1.29, 1.82) is 0 Å². The SMILES string of the molecule is O=c1[nH]c2ncnc(N3CCC(NCc4cccc(Cl)c4)CC3)c2[nH]1.O=c1[nH]c2ncnc(N3CCC(NCc4ccccc4Cl)CC3)c2[nH]1. The highest BCUT2D eigenvalue weighted by molar-refractivity contribution is 6.31. The second kappa shape index (κ2) is 15.4. The molecule has 0 unspecified atom stereocenters. The van der Waals surface area contributed by atoms with Crippen LogP contribution in [0, 0.1) is 0 Å². The van der Waals surface area contributed by atoms with Crippen LogP contribution >= 0.6 is 23.2 Å². The van der Waals surface area contributed by atoms with Gasteiger partial charge in [-0.05, 0) is 55.0 Å². The Hall–Kier alpha value is -4.76. The zero-order valence-electron chi connectivity index (χ0n) is 27.3. The first-order chi connectivity index (χ1) is 24.4. The lowest BCUT2D eigenvalue weighted by atomic mass is 10.0. The molecule has 8 rings (SSSR count). The summed E-state index contributed by atoms with van der Waals surface area (Å²) in [5, 5.41) is 8.74. The molecule has 2 fully saturated rings. The van der Waals surface area contributed by atoms with E-state index in [4.69, 9.17) is 23.2 Å². The zero-order chi connectivity index (χ0) is 34.5. The lowest BCUT2D eigenvalue weighted by molar-refractivity contribution is 0.413. The van der Waals surface area contributed by atoms with E-state index < -0.39 is 0 Å². The molecule has 0 aliphatic carbocycles. The predicted octanol–water partition coefficient (Wildman–Crippen LogP) is 4.12. The minimum Gasteiger partial charge on any atom is -0.355 e. The van der Waals surface area contributed by atoms with Crippen molar-refractivity contribution in [2.24, 2.45) is 0 Å². The Kier molecular flexibility index (Phi) is 10.4. The van der Waals surface area contributed by atoms with Gasteiger partial charge in [0.2, 0.25) is 0 Å². The molecule has 0 atom stereocenters. The maximum absolute atomic E-state index is 11.5. The van der Waals surface area contributed by atoms with E-state index in [1.165, 1.54) is 18.2 Å². The molecule has 2 saturated heterocycles. The summed E-state index contributed by atoms with van der Waals surface area (Å²) in [4.78, 5) is 55.2. The Morgan fingerprint density at radius 1 is 0.660 bits per heavy atom. The van der Waals surface area contributed by atoms with Crippen molar-refractivity contribution in [2.45, 2.75) is 50.9 Å². The quantitative estimate of drug-likeness (QED) is 0.134. The molecule has 2 aromatic carbocycles. The van der Waals surface area contributed by atoms with E-state index in [0.29, 0.717) is 34.4 Å². The van der Waals surface area contributed by atoms with Gasteiger partial charge in [-0.2, -0.15) is 0 Å². The highest BCUT2D eigenvalue weighted by Gasteiger charge is 2.24. The zero-order valence-corrected chi connectivity index (χ0v) is 28.8. The average molecular weight is 718 g/mol. The van der Waals surface area contributed by atoms with E-state index in [1.54, 1.807) is 0 Å². The number of aromatic nitrogens is 8. The number of anilines is 2. The normalized spacial score (nSPS) is 15.8. The molecular weight excluding hydrogens is 679 g/mol. The Morgan fingerprint density at radius 2 is 1.20 bits per heavy atom. The van der Waals surface area contributed by atoms with Gasteiger partial charge in [0.15, 0.2) is 22.9 Å². The van der Waals surface area contributed by atoms with E-state index >= 15 is 0 Å². The van der Waals surface area contributed by atoms with Crippen LogP contribution in [-0.4, -0.2) is 78.1 Å². The first kappa shape index (κ1) is 33.7. The van der Waals surface area contributed by atoms with Crippen LogP contribution in [0.15, 0.2) is 70.8 Å². The van der Waals surface area contributed by atoms with E-state index in [0.717, 1.165) is 92.2 Å². The van der Waals surface area contributed by atoms with Gasteiger partial charge in [0.1, 0.15) is 23.7 Å². The van der Waals surface area contributed by atoms with Crippen LogP contribution in [0.2, 0.25) is 10.0 Å². The monoisotopic (exact) mass is 716 g/mol. The van der Waals surface area contributed by atoms with E-state index in [9.17, 15) is 9.59 Å². The number of piperidine rings is 2. The van der Waals surface area contributed by atoms with Crippen molar-refractivity contribution < 1.29 is 0 Å². The maximum Gasteiger partial charge on any atom is 0.325 e. The molecular formula is C34H38Cl2N12O2. The van der Waals surface area contributed by atoms with Crippen LogP contribution < -0.4 is 31.8 Å². The number of H-pyrrole nitrogens is 4. The van der Waals surface area contributed by atoms with Crippen molar-refractivity contribution in [3.63, 3.8) is 0 Å². The number of fused-ring (bicyclic) bond motifs is 2. The minimum absolute atomic E-state index is 0.255. The number of hydrogen-bond donors (Lipinski definition) is 6. The standard InChI is InChI=1S/2C17H19ClN6O/c18-12-3-1-2-11(8-12)9-19-13-4-6-24(7-5-13)16-14-15(20-10-21-16)23-17(25)22-14;18-13-4-2-1-3-11(13)9-19-12-5-7-24(8-6-12)16-14-15(20-10-21-16)23-17(25)22-14/h1-3,8,10,13,19H,4-7,9H2,(H2,20,21,22,23,25);1-4,10,12,19H,5-9H2,(H2,20,21,22,23,25). The van der Waals surface area contributed by atoms with Gasteiger partial charge in [-0.1, -0.05) is 53.5 Å². The summed E-state index contributed by atoms with van der Waals surface area (Å²) in [6, 6.07) is 16.7. The van der Waals surface area contributed by atoms with Gasteiger partial charge >= 0.3 is 11.4 Å². The summed E-state index contributed by atoms with van der Waals surface area (Å²) in [7, 11) is 0. The second-order valence-electron chi connectivity index (χ2n) is 12.5. The fourth-order valence-electron chi connectivity index (χ4n) is 6.55. The van der Waals surface area contributed by atoms with Gasteiger partial charge in [-0.3, -0.25) is 9.97 Å². The minimum atomic E-state index is -0.256. The van der Waals surface area contributed by atoms with Crippen LogP contribution in [0.5, 0.6) is 0 Å². The molecule has 6 heterocycles.